The fraction of sp³-hybridized carbons (Fsp3) is 0.278. The number of rotatable bonds is 6. The van der Waals surface area contributed by atoms with Crippen LogP contribution in [0.15, 0.2) is 42.5 Å². The van der Waals surface area contributed by atoms with Crippen LogP contribution in [0.1, 0.15) is 18.1 Å². The number of carbonyl (C=O) groups is 1. The number of benzene rings is 2. The van der Waals surface area contributed by atoms with E-state index in [0.29, 0.717) is 16.5 Å². The summed E-state index contributed by atoms with van der Waals surface area (Å²) in [5.74, 6) is 1.36. The van der Waals surface area contributed by atoms with Gasteiger partial charge >= 0.3 is 0 Å². The molecule has 0 radical (unpaired) electrons. The van der Waals surface area contributed by atoms with E-state index >= 15 is 0 Å². The summed E-state index contributed by atoms with van der Waals surface area (Å²) in [4.78, 5) is 12.3. The molecule has 2 aromatic carbocycles. The molecule has 1 atom stereocenters. The van der Waals surface area contributed by atoms with Gasteiger partial charge in [0.15, 0.2) is 0 Å². The maximum Gasteiger partial charge on any atom is 0.237 e. The summed E-state index contributed by atoms with van der Waals surface area (Å²) in [6, 6.07) is 13.5. The average Bonchev–Trinajstić information content (AvgIpc) is 2.53. The van der Waals surface area contributed by atoms with Crippen LogP contribution in [0.4, 0.5) is 5.69 Å². The summed E-state index contributed by atoms with van der Waals surface area (Å²) < 4.78 is 5.10. The van der Waals surface area contributed by atoms with E-state index in [4.69, 9.17) is 16.3 Å². The smallest absolute Gasteiger partial charge is 0.237 e. The molecule has 0 spiro atoms. The zero-order chi connectivity index (χ0) is 16.8. The Morgan fingerprint density at radius 3 is 2.74 bits per heavy atom. The van der Waals surface area contributed by atoms with Crippen LogP contribution in [0.3, 0.4) is 0 Å². The van der Waals surface area contributed by atoms with Crippen LogP contribution in [-0.2, 0) is 10.5 Å². The van der Waals surface area contributed by atoms with Crippen molar-refractivity contribution < 1.29 is 9.53 Å². The van der Waals surface area contributed by atoms with Gasteiger partial charge in [0.25, 0.3) is 0 Å². The number of aryl methyl sites for hydroxylation is 1. The molecule has 3 nitrogen and oxygen atoms in total. The molecule has 1 unspecified atom stereocenters. The van der Waals surface area contributed by atoms with Crippen molar-refractivity contribution >= 4 is 35.0 Å². The molecule has 0 saturated carbocycles. The first kappa shape index (κ1) is 17.7. The molecule has 0 fully saturated rings. The topological polar surface area (TPSA) is 38.3 Å². The van der Waals surface area contributed by atoms with Crippen LogP contribution < -0.4 is 10.1 Å². The van der Waals surface area contributed by atoms with Gasteiger partial charge < -0.3 is 10.1 Å². The number of ether oxygens (including phenoxy) is 1. The number of methoxy groups -OCH3 is 1. The first-order valence-electron chi connectivity index (χ1n) is 7.31. The molecule has 0 saturated heterocycles. The van der Waals surface area contributed by atoms with Crippen molar-refractivity contribution in [3.8, 4) is 5.75 Å². The van der Waals surface area contributed by atoms with Crippen LogP contribution in [0, 0.1) is 6.92 Å². The summed E-state index contributed by atoms with van der Waals surface area (Å²) in [6.07, 6.45) is 0. The van der Waals surface area contributed by atoms with Crippen molar-refractivity contribution in [3.05, 3.63) is 58.6 Å². The van der Waals surface area contributed by atoms with Crippen molar-refractivity contribution in [2.75, 3.05) is 12.4 Å². The normalized spacial score (nSPS) is 11.8. The van der Waals surface area contributed by atoms with Crippen molar-refractivity contribution in [3.63, 3.8) is 0 Å². The predicted molar refractivity (Wildman–Crippen MR) is 98.6 cm³/mol. The molecule has 122 valence electrons. The zero-order valence-electron chi connectivity index (χ0n) is 13.4. The summed E-state index contributed by atoms with van der Waals surface area (Å²) in [5, 5.41) is 3.20. The third kappa shape index (κ3) is 5.19. The number of hydrogen-bond acceptors (Lipinski definition) is 3. The maximum atomic E-state index is 12.3. The summed E-state index contributed by atoms with van der Waals surface area (Å²) in [5.41, 5.74) is 3.12. The van der Waals surface area contributed by atoms with E-state index in [2.05, 4.69) is 30.4 Å². The third-order valence-corrected chi connectivity index (χ3v) is 4.88. The Balaban J connectivity index is 1.91. The number of thioether (sulfide) groups is 1. The van der Waals surface area contributed by atoms with Crippen LogP contribution in [0.2, 0.25) is 5.02 Å². The molecule has 0 aromatic heterocycles. The van der Waals surface area contributed by atoms with Gasteiger partial charge in [0.2, 0.25) is 5.91 Å². The van der Waals surface area contributed by atoms with Gasteiger partial charge in [-0.25, -0.2) is 0 Å². The van der Waals surface area contributed by atoms with Gasteiger partial charge in [0.05, 0.1) is 17.4 Å². The average molecular weight is 350 g/mol. The lowest BCUT2D eigenvalue weighted by molar-refractivity contribution is -0.115. The highest BCUT2D eigenvalue weighted by atomic mass is 35.5. The van der Waals surface area contributed by atoms with Crippen molar-refractivity contribution in [2.24, 2.45) is 0 Å². The van der Waals surface area contributed by atoms with Crippen molar-refractivity contribution in [2.45, 2.75) is 24.9 Å². The highest BCUT2D eigenvalue weighted by Gasteiger charge is 2.14. The molecule has 0 bridgehead atoms. The van der Waals surface area contributed by atoms with E-state index in [1.807, 2.05) is 13.0 Å². The molecule has 1 amide bonds. The molecule has 0 heterocycles. The van der Waals surface area contributed by atoms with Crippen LogP contribution in [-0.4, -0.2) is 18.3 Å². The molecule has 0 aliphatic heterocycles. The lowest BCUT2D eigenvalue weighted by atomic mass is 10.2. The van der Waals surface area contributed by atoms with Gasteiger partial charge in [-0.2, -0.15) is 0 Å². The lowest BCUT2D eigenvalue weighted by Gasteiger charge is -2.13. The van der Waals surface area contributed by atoms with Gasteiger partial charge in [0.1, 0.15) is 5.75 Å². The zero-order valence-corrected chi connectivity index (χ0v) is 15.0. The van der Waals surface area contributed by atoms with Gasteiger partial charge in [0, 0.05) is 11.4 Å². The monoisotopic (exact) mass is 349 g/mol. The molecule has 0 aliphatic carbocycles. The van der Waals surface area contributed by atoms with E-state index in [1.165, 1.54) is 11.1 Å². The van der Waals surface area contributed by atoms with Crippen LogP contribution >= 0.6 is 23.4 Å². The molecule has 2 aromatic rings. The molecule has 0 aliphatic rings. The van der Waals surface area contributed by atoms with E-state index in [0.717, 1.165) is 5.75 Å². The Bertz CT molecular complexity index is 690. The van der Waals surface area contributed by atoms with E-state index in [-0.39, 0.29) is 11.2 Å². The molecule has 5 heteroatoms. The largest absolute Gasteiger partial charge is 0.495 e. The number of halogens is 1. The Morgan fingerprint density at radius 1 is 1.30 bits per heavy atom. The summed E-state index contributed by atoms with van der Waals surface area (Å²) in [6.45, 7) is 3.97. The SMILES string of the molecule is COc1ccc(NC(=O)C(C)SCc2cccc(C)c2)cc1Cl. The Labute approximate surface area is 146 Å². The minimum absolute atomic E-state index is 0.0381. The maximum absolute atomic E-state index is 12.3. The Morgan fingerprint density at radius 2 is 2.09 bits per heavy atom. The van der Waals surface area contributed by atoms with Crippen LogP contribution in [0.25, 0.3) is 0 Å². The fourth-order valence-electron chi connectivity index (χ4n) is 2.09. The second kappa shape index (κ2) is 8.27. The highest BCUT2D eigenvalue weighted by molar-refractivity contribution is 7.99. The van der Waals surface area contributed by atoms with E-state index in [1.54, 1.807) is 37.1 Å². The molecule has 2 rings (SSSR count). The summed E-state index contributed by atoms with van der Waals surface area (Å²) in [7, 11) is 1.56. The standard InChI is InChI=1S/C18H20ClNO2S/c1-12-5-4-6-14(9-12)11-23-13(2)18(21)20-15-7-8-17(22-3)16(19)10-15/h4-10,13H,11H2,1-3H3,(H,20,21). The van der Waals surface area contributed by atoms with Gasteiger partial charge in [-0.3, -0.25) is 4.79 Å². The summed E-state index contributed by atoms with van der Waals surface area (Å²) >= 11 is 7.67. The molecule has 1 N–H and O–H groups in total. The van der Waals surface area contributed by atoms with Crippen LogP contribution in [0.5, 0.6) is 5.75 Å². The van der Waals surface area contributed by atoms with Gasteiger partial charge in [-0.1, -0.05) is 41.4 Å². The third-order valence-electron chi connectivity index (χ3n) is 3.37. The lowest BCUT2D eigenvalue weighted by Crippen LogP contribution is -2.22. The highest BCUT2D eigenvalue weighted by Crippen LogP contribution is 2.28. The van der Waals surface area contributed by atoms with E-state index < -0.39 is 0 Å². The number of hydrogen-bond donors (Lipinski definition) is 1. The second-order valence-corrected chi connectivity index (χ2v) is 7.02. The number of amides is 1. The molecular weight excluding hydrogens is 330 g/mol. The number of nitrogens with one attached hydrogen (secondary N) is 1. The van der Waals surface area contributed by atoms with Gasteiger partial charge in [-0.05, 0) is 37.6 Å². The Kier molecular flexibility index (Phi) is 6.37. The van der Waals surface area contributed by atoms with Crippen molar-refractivity contribution in [1.82, 2.24) is 0 Å². The van der Waals surface area contributed by atoms with Gasteiger partial charge in [-0.15, -0.1) is 11.8 Å². The number of carbonyl (C=O) groups excluding carboxylic acids is 1. The quantitative estimate of drug-likeness (QED) is 0.804. The Hall–Kier alpha value is -1.65. The molecular formula is C18H20ClNO2S. The number of anilines is 1. The molecule has 23 heavy (non-hydrogen) atoms. The predicted octanol–water partition coefficient (Wildman–Crippen LogP) is 4.92. The van der Waals surface area contributed by atoms with E-state index in [9.17, 15) is 4.79 Å². The minimum Gasteiger partial charge on any atom is -0.495 e. The fourth-order valence-corrected chi connectivity index (χ4v) is 3.18. The second-order valence-electron chi connectivity index (χ2n) is 5.28. The first-order chi connectivity index (χ1) is 11.0. The van der Waals surface area contributed by atoms with Crippen molar-refractivity contribution in [1.29, 1.82) is 0 Å². The minimum atomic E-state index is -0.156. The first-order valence-corrected chi connectivity index (χ1v) is 8.74.